The van der Waals surface area contributed by atoms with Gasteiger partial charge in [0.2, 0.25) is 0 Å². The van der Waals surface area contributed by atoms with Crippen LogP contribution in [0.15, 0.2) is 29.2 Å². The molecule has 2 N–H and O–H groups in total. The van der Waals surface area contributed by atoms with E-state index < -0.39 is 0 Å². The Labute approximate surface area is 109 Å². The molecule has 1 aliphatic carbocycles. The Bertz CT molecular complexity index is 327. The van der Waals surface area contributed by atoms with Gasteiger partial charge < -0.3 is 5.73 Å². The minimum Gasteiger partial charge on any atom is -0.324 e. The fourth-order valence-corrected chi connectivity index (χ4v) is 3.53. The predicted molar refractivity (Wildman–Crippen MR) is 76.3 cm³/mol. The molecule has 0 aliphatic heterocycles. The molecule has 0 aromatic heterocycles. The van der Waals surface area contributed by atoms with Gasteiger partial charge in [0.05, 0.1) is 0 Å². The summed E-state index contributed by atoms with van der Waals surface area (Å²) in [7, 11) is 0. The predicted octanol–water partition coefficient (Wildman–Crippen LogP) is 4.38. The van der Waals surface area contributed by atoms with Crippen LogP contribution in [0.25, 0.3) is 0 Å². The fourth-order valence-electron chi connectivity index (χ4n) is 2.44. The van der Waals surface area contributed by atoms with Gasteiger partial charge in [-0.3, -0.25) is 0 Å². The molecule has 0 unspecified atom stereocenters. The van der Waals surface area contributed by atoms with Gasteiger partial charge in [-0.05, 0) is 42.9 Å². The van der Waals surface area contributed by atoms with Crippen LogP contribution < -0.4 is 5.73 Å². The first-order valence-corrected chi connectivity index (χ1v) is 7.76. The zero-order valence-electron chi connectivity index (χ0n) is 10.7. The lowest BCUT2D eigenvalue weighted by atomic mass is 10.1. The number of benzene rings is 1. The van der Waals surface area contributed by atoms with Crippen molar-refractivity contribution in [2.24, 2.45) is 11.7 Å². The molecule has 0 bridgehead atoms. The van der Waals surface area contributed by atoms with Crippen LogP contribution in [-0.2, 0) is 0 Å². The lowest BCUT2D eigenvalue weighted by Crippen LogP contribution is -2.08. The monoisotopic (exact) mass is 249 g/mol. The molecule has 17 heavy (non-hydrogen) atoms. The Balaban J connectivity index is 1.84. The van der Waals surface area contributed by atoms with E-state index in [0.29, 0.717) is 0 Å². The molecule has 2 heteroatoms. The van der Waals surface area contributed by atoms with Gasteiger partial charge in [-0.15, -0.1) is 11.8 Å². The van der Waals surface area contributed by atoms with Crippen molar-refractivity contribution in [3.8, 4) is 0 Å². The molecule has 1 saturated carbocycles. The number of rotatable bonds is 5. The molecule has 0 saturated heterocycles. The van der Waals surface area contributed by atoms with E-state index in [9.17, 15) is 0 Å². The average Bonchev–Trinajstić information content (AvgIpc) is 2.89. The molecular weight excluding hydrogens is 226 g/mol. The van der Waals surface area contributed by atoms with Crippen LogP contribution in [-0.4, -0.2) is 5.75 Å². The largest absolute Gasteiger partial charge is 0.324 e. The first-order valence-electron chi connectivity index (χ1n) is 6.78. The normalized spacial score (nSPS) is 18.5. The van der Waals surface area contributed by atoms with Crippen molar-refractivity contribution in [2.75, 3.05) is 5.75 Å². The Kier molecular flexibility index (Phi) is 4.93. The first kappa shape index (κ1) is 13.0. The van der Waals surface area contributed by atoms with Crippen LogP contribution in [0.4, 0.5) is 0 Å². The summed E-state index contributed by atoms with van der Waals surface area (Å²) in [6.07, 6.45) is 6.76. The molecule has 1 fully saturated rings. The molecule has 1 atom stereocenters. The highest BCUT2D eigenvalue weighted by atomic mass is 32.2. The maximum absolute atomic E-state index is 6.01. The van der Waals surface area contributed by atoms with Crippen molar-refractivity contribution in [2.45, 2.75) is 50.0 Å². The lowest BCUT2D eigenvalue weighted by molar-refractivity contribution is 0.623. The Morgan fingerprint density at radius 3 is 2.47 bits per heavy atom. The lowest BCUT2D eigenvalue weighted by Gasteiger charge is -2.11. The zero-order chi connectivity index (χ0) is 12.1. The van der Waals surface area contributed by atoms with Crippen molar-refractivity contribution in [3.63, 3.8) is 0 Å². The second-order valence-electron chi connectivity index (χ2n) is 5.05. The third kappa shape index (κ3) is 3.75. The molecule has 2 rings (SSSR count). The van der Waals surface area contributed by atoms with Gasteiger partial charge in [0.25, 0.3) is 0 Å². The summed E-state index contributed by atoms with van der Waals surface area (Å²) < 4.78 is 0. The highest BCUT2D eigenvalue weighted by Gasteiger charge is 2.14. The molecule has 1 nitrogen and oxygen atoms in total. The van der Waals surface area contributed by atoms with Crippen molar-refractivity contribution >= 4 is 11.8 Å². The van der Waals surface area contributed by atoms with Crippen LogP contribution in [0.1, 0.15) is 50.6 Å². The van der Waals surface area contributed by atoms with E-state index in [1.165, 1.54) is 41.9 Å². The summed E-state index contributed by atoms with van der Waals surface area (Å²) in [6.45, 7) is 2.13. The van der Waals surface area contributed by atoms with Crippen molar-refractivity contribution < 1.29 is 0 Å². The minimum absolute atomic E-state index is 0.198. The van der Waals surface area contributed by atoms with Crippen LogP contribution in [0, 0.1) is 5.92 Å². The van der Waals surface area contributed by atoms with Gasteiger partial charge in [-0.1, -0.05) is 31.9 Å². The molecule has 1 aliphatic rings. The van der Waals surface area contributed by atoms with E-state index in [-0.39, 0.29) is 6.04 Å². The summed E-state index contributed by atoms with van der Waals surface area (Å²) in [4.78, 5) is 1.39. The highest BCUT2D eigenvalue weighted by molar-refractivity contribution is 7.99. The molecule has 1 aromatic carbocycles. The van der Waals surface area contributed by atoms with E-state index in [2.05, 4.69) is 31.2 Å². The van der Waals surface area contributed by atoms with Crippen LogP contribution in [0.5, 0.6) is 0 Å². The summed E-state index contributed by atoms with van der Waals surface area (Å²) in [5.41, 5.74) is 7.27. The fraction of sp³-hybridized carbons (Fsp3) is 0.600. The van der Waals surface area contributed by atoms with Crippen LogP contribution >= 0.6 is 11.8 Å². The molecule has 0 spiro atoms. The molecule has 94 valence electrons. The van der Waals surface area contributed by atoms with Crippen LogP contribution in [0.3, 0.4) is 0 Å². The van der Waals surface area contributed by atoms with Crippen molar-refractivity contribution in [1.82, 2.24) is 0 Å². The van der Waals surface area contributed by atoms with Gasteiger partial charge in [0, 0.05) is 16.7 Å². The second kappa shape index (κ2) is 6.46. The van der Waals surface area contributed by atoms with Gasteiger partial charge in [-0.25, -0.2) is 0 Å². The first-order chi connectivity index (χ1) is 8.29. The number of thioether (sulfide) groups is 1. The average molecular weight is 249 g/mol. The van der Waals surface area contributed by atoms with Gasteiger partial charge >= 0.3 is 0 Å². The van der Waals surface area contributed by atoms with Crippen molar-refractivity contribution in [1.29, 1.82) is 0 Å². The maximum Gasteiger partial charge on any atom is 0.0292 e. The standard InChI is InChI=1S/C15H23NS/c1-2-15(16)13-7-9-14(10-8-13)17-11-12-5-3-4-6-12/h7-10,12,15H,2-6,11,16H2,1H3/t15-/m1/s1. The number of nitrogens with two attached hydrogens (primary N) is 1. The minimum atomic E-state index is 0.198. The van der Waals surface area contributed by atoms with Gasteiger partial charge in [0.1, 0.15) is 0 Å². The molecule has 0 amide bonds. The summed E-state index contributed by atoms with van der Waals surface area (Å²) in [5.74, 6) is 2.25. The Morgan fingerprint density at radius 2 is 1.88 bits per heavy atom. The summed E-state index contributed by atoms with van der Waals surface area (Å²) >= 11 is 2.00. The van der Waals surface area contributed by atoms with E-state index in [4.69, 9.17) is 5.73 Å². The van der Waals surface area contributed by atoms with Gasteiger partial charge in [0.15, 0.2) is 0 Å². The molecule has 1 aromatic rings. The quantitative estimate of drug-likeness (QED) is 0.784. The second-order valence-corrected chi connectivity index (χ2v) is 6.14. The summed E-state index contributed by atoms with van der Waals surface area (Å²) in [6, 6.07) is 9.02. The molecular formula is C15H23NS. The smallest absolute Gasteiger partial charge is 0.0292 e. The maximum atomic E-state index is 6.01. The van der Waals surface area contributed by atoms with Crippen LogP contribution in [0.2, 0.25) is 0 Å². The third-order valence-corrected chi connectivity index (χ3v) is 4.95. The highest BCUT2D eigenvalue weighted by Crippen LogP contribution is 2.31. The van der Waals surface area contributed by atoms with E-state index >= 15 is 0 Å². The Hall–Kier alpha value is -0.470. The third-order valence-electron chi connectivity index (χ3n) is 3.71. The van der Waals surface area contributed by atoms with Crippen molar-refractivity contribution in [3.05, 3.63) is 29.8 Å². The summed E-state index contributed by atoms with van der Waals surface area (Å²) in [5, 5.41) is 0. The molecule has 0 heterocycles. The SMILES string of the molecule is CC[C@@H](N)c1ccc(SCC2CCCC2)cc1. The zero-order valence-corrected chi connectivity index (χ0v) is 11.5. The molecule has 0 radical (unpaired) electrons. The van der Waals surface area contributed by atoms with E-state index in [1.54, 1.807) is 0 Å². The number of hydrogen-bond acceptors (Lipinski definition) is 2. The van der Waals surface area contributed by atoms with E-state index in [1.807, 2.05) is 11.8 Å². The number of hydrogen-bond donors (Lipinski definition) is 1. The van der Waals surface area contributed by atoms with Gasteiger partial charge in [-0.2, -0.15) is 0 Å². The Morgan fingerprint density at radius 1 is 1.24 bits per heavy atom. The van der Waals surface area contributed by atoms with E-state index in [0.717, 1.165) is 12.3 Å². The topological polar surface area (TPSA) is 26.0 Å².